The summed E-state index contributed by atoms with van der Waals surface area (Å²) in [5.41, 5.74) is 5.83. The van der Waals surface area contributed by atoms with Gasteiger partial charge in [-0.25, -0.2) is 0 Å². The summed E-state index contributed by atoms with van der Waals surface area (Å²) < 4.78 is 8.12. The molecule has 1 heterocycles. The van der Waals surface area contributed by atoms with Crippen molar-refractivity contribution in [1.82, 2.24) is 0 Å². The molecule has 0 amide bonds. The fraction of sp³-hybridized carbons (Fsp3) is 0.0256. The maximum atomic E-state index is 5.55. The smallest absolute Gasteiger partial charge is 0.119 e. The van der Waals surface area contributed by atoms with E-state index in [2.05, 4.69) is 138 Å². The van der Waals surface area contributed by atoms with Crippen molar-refractivity contribution in [2.24, 2.45) is 0 Å². The van der Waals surface area contributed by atoms with Crippen molar-refractivity contribution >= 4 is 70.1 Å². The number of hydrogen-bond donors (Lipinski definition) is 0. The second-order valence-electron chi connectivity index (χ2n) is 10.5. The monoisotopic (exact) mass is 557 g/mol. The molecule has 2 nitrogen and oxygen atoms in total. The van der Waals surface area contributed by atoms with Crippen molar-refractivity contribution in [3.8, 4) is 16.9 Å². The van der Waals surface area contributed by atoms with Gasteiger partial charge >= 0.3 is 0 Å². The summed E-state index contributed by atoms with van der Waals surface area (Å²) in [5.74, 6) is 0.839. The van der Waals surface area contributed by atoms with Gasteiger partial charge in [-0.1, -0.05) is 103 Å². The summed E-state index contributed by atoms with van der Waals surface area (Å²) in [4.78, 5) is 2.43. The number of rotatable bonds is 5. The van der Waals surface area contributed by atoms with Crippen LogP contribution < -0.4 is 9.64 Å². The first-order valence-corrected chi connectivity index (χ1v) is 15.0. The Hall–Kier alpha value is -5.12. The lowest BCUT2D eigenvalue weighted by Gasteiger charge is -2.29. The zero-order valence-electron chi connectivity index (χ0n) is 23.1. The number of ether oxygens (including phenoxy) is 1. The molecule has 0 bridgehead atoms. The maximum absolute atomic E-state index is 5.55. The Kier molecular flexibility index (Phi) is 5.90. The number of methoxy groups -OCH3 is 1. The third kappa shape index (κ3) is 3.93. The van der Waals surface area contributed by atoms with Crippen LogP contribution in [0.3, 0.4) is 0 Å². The second-order valence-corrected chi connectivity index (χ2v) is 11.5. The van der Waals surface area contributed by atoms with E-state index in [1.54, 1.807) is 7.11 Å². The number of nitrogens with zero attached hydrogens (tertiary/aromatic N) is 1. The van der Waals surface area contributed by atoms with Gasteiger partial charge in [-0.05, 0) is 69.6 Å². The van der Waals surface area contributed by atoms with Crippen molar-refractivity contribution < 1.29 is 4.74 Å². The molecule has 0 N–H and O–H groups in total. The van der Waals surface area contributed by atoms with Crippen molar-refractivity contribution in [2.45, 2.75) is 0 Å². The summed E-state index contributed by atoms with van der Waals surface area (Å²) in [6, 6.07) is 52.4. The molecule has 0 aliphatic heterocycles. The molecule has 200 valence electrons. The minimum atomic E-state index is 0.839. The summed E-state index contributed by atoms with van der Waals surface area (Å²) in [7, 11) is 1.71. The van der Waals surface area contributed by atoms with Crippen molar-refractivity contribution in [3.05, 3.63) is 146 Å². The summed E-state index contributed by atoms with van der Waals surface area (Å²) in [5, 5.41) is 7.50. The topological polar surface area (TPSA) is 12.5 Å². The molecule has 0 aliphatic rings. The third-order valence-corrected chi connectivity index (χ3v) is 9.37. The van der Waals surface area contributed by atoms with Crippen LogP contribution in [0.2, 0.25) is 0 Å². The Balaban J connectivity index is 1.50. The zero-order valence-corrected chi connectivity index (χ0v) is 23.9. The highest BCUT2D eigenvalue weighted by Gasteiger charge is 2.23. The number of thiophene rings is 1. The van der Waals surface area contributed by atoms with Gasteiger partial charge in [0, 0.05) is 26.7 Å². The number of hydrogen-bond acceptors (Lipinski definition) is 3. The van der Waals surface area contributed by atoms with E-state index >= 15 is 0 Å². The van der Waals surface area contributed by atoms with E-state index in [1.165, 1.54) is 52.8 Å². The summed E-state index contributed by atoms with van der Waals surface area (Å²) >= 11 is 1.86. The van der Waals surface area contributed by atoms with E-state index in [-0.39, 0.29) is 0 Å². The molecule has 0 aliphatic carbocycles. The molecule has 3 heteroatoms. The number of benzene rings is 7. The van der Waals surface area contributed by atoms with E-state index in [0.717, 1.165) is 22.8 Å². The number of fused-ring (bicyclic) bond motifs is 5. The molecule has 7 aromatic carbocycles. The second kappa shape index (κ2) is 10.1. The molecule has 1 aromatic heterocycles. The van der Waals surface area contributed by atoms with Gasteiger partial charge < -0.3 is 9.64 Å². The molecule has 0 saturated carbocycles. The van der Waals surface area contributed by atoms with Gasteiger partial charge in [0.25, 0.3) is 0 Å². The van der Waals surface area contributed by atoms with Gasteiger partial charge in [0.1, 0.15) is 5.75 Å². The van der Waals surface area contributed by atoms with E-state index in [0.29, 0.717) is 0 Å². The largest absolute Gasteiger partial charge is 0.497 e. The van der Waals surface area contributed by atoms with Crippen LogP contribution in [-0.2, 0) is 0 Å². The molecular formula is C39H27NOS. The van der Waals surface area contributed by atoms with Crippen LogP contribution in [-0.4, -0.2) is 7.11 Å². The van der Waals surface area contributed by atoms with Crippen LogP contribution in [0.15, 0.2) is 146 Å². The van der Waals surface area contributed by atoms with Gasteiger partial charge in [0.05, 0.1) is 23.2 Å². The molecule has 0 spiro atoms. The molecule has 8 rings (SSSR count). The lowest BCUT2D eigenvalue weighted by Crippen LogP contribution is -2.11. The highest BCUT2D eigenvalue weighted by Crippen LogP contribution is 2.49. The summed E-state index contributed by atoms with van der Waals surface area (Å²) in [6.07, 6.45) is 0. The van der Waals surface area contributed by atoms with Crippen LogP contribution in [0.5, 0.6) is 5.75 Å². The van der Waals surface area contributed by atoms with Gasteiger partial charge in [-0.3, -0.25) is 0 Å². The van der Waals surface area contributed by atoms with Crippen LogP contribution in [0.4, 0.5) is 17.1 Å². The predicted octanol–water partition coefficient (Wildman–Crippen LogP) is 11.5. The Labute approximate surface area is 248 Å². The van der Waals surface area contributed by atoms with Crippen LogP contribution in [0.1, 0.15) is 0 Å². The lowest BCUT2D eigenvalue weighted by atomic mass is 9.91. The SMILES string of the molecule is COc1ccc(N(c2ccc3ccccc3c2-c2cccc3ccccc23)c2cccc3c2sc2ccccc23)cc1. The molecule has 8 aromatic rings. The lowest BCUT2D eigenvalue weighted by molar-refractivity contribution is 0.415. The first-order chi connectivity index (χ1) is 20.8. The van der Waals surface area contributed by atoms with Crippen LogP contribution in [0.25, 0.3) is 52.8 Å². The fourth-order valence-corrected chi connectivity index (χ4v) is 7.43. The van der Waals surface area contributed by atoms with E-state index in [9.17, 15) is 0 Å². The van der Waals surface area contributed by atoms with Crippen LogP contribution in [0, 0.1) is 0 Å². The number of anilines is 3. The first kappa shape index (κ1) is 24.7. The molecule has 0 saturated heterocycles. The minimum Gasteiger partial charge on any atom is -0.497 e. The fourth-order valence-electron chi connectivity index (χ4n) is 6.22. The Bertz CT molecular complexity index is 2240. The highest BCUT2D eigenvalue weighted by atomic mass is 32.1. The van der Waals surface area contributed by atoms with Gasteiger partial charge in [-0.2, -0.15) is 0 Å². The van der Waals surface area contributed by atoms with Gasteiger partial charge in [0.2, 0.25) is 0 Å². The van der Waals surface area contributed by atoms with Crippen molar-refractivity contribution in [3.63, 3.8) is 0 Å². The average molecular weight is 558 g/mol. The normalized spacial score (nSPS) is 11.5. The molecule has 0 atom stereocenters. The van der Waals surface area contributed by atoms with E-state index < -0.39 is 0 Å². The molecule has 42 heavy (non-hydrogen) atoms. The maximum Gasteiger partial charge on any atom is 0.119 e. The quantitative estimate of drug-likeness (QED) is 0.209. The highest BCUT2D eigenvalue weighted by molar-refractivity contribution is 7.26. The molecule has 0 fully saturated rings. The third-order valence-electron chi connectivity index (χ3n) is 8.16. The summed E-state index contributed by atoms with van der Waals surface area (Å²) in [6.45, 7) is 0. The van der Waals surface area contributed by atoms with Gasteiger partial charge in [-0.15, -0.1) is 11.3 Å². The average Bonchev–Trinajstić information content (AvgIpc) is 3.44. The predicted molar refractivity (Wildman–Crippen MR) is 181 cm³/mol. The standard InChI is InChI=1S/C39H27NOS/c1-41-29-23-21-28(22-24-29)40(36-18-9-17-34-32-15-6-7-19-37(32)42-39(34)36)35-25-20-27-11-3-5-14-31(27)38(35)33-16-8-12-26-10-2-4-13-30(26)33/h2-25H,1H3. The molecule has 0 unspecified atom stereocenters. The Morgan fingerprint density at radius 2 is 1.14 bits per heavy atom. The van der Waals surface area contributed by atoms with E-state index in [1.807, 2.05) is 23.5 Å². The minimum absolute atomic E-state index is 0.839. The molecular weight excluding hydrogens is 531 g/mol. The van der Waals surface area contributed by atoms with Crippen molar-refractivity contribution in [1.29, 1.82) is 0 Å². The van der Waals surface area contributed by atoms with E-state index in [4.69, 9.17) is 4.74 Å². The van der Waals surface area contributed by atoms with Crippen molar-refractivity contribution in [2.75, 3.05) is 12.0 Å². The first-order valence-electron chi connectivity index (χ1n) is 14.1. The van der Waals surface area contributed by atoms with Crippen LogP contribution >= 0.6 is 11.3 Å². The zero-order chi connectivity index (χ0) is 28.0. The molecule has 0 radical (unpaired) electrons. The Morgan fingerprint density at radius 1 is 0.500 bits per heavy atom. The van der Waals surface area contributed by atoms with Gasteiger partial charge in [0.15, 0.2) is 0 Å². The Morgan fingerprint density at radius 3 is 1.95 bits per heavy atom.